The van der Waals surface area contributed by atoms with Gasteiger partial charge in [-0.1, -0.05) is 11.6 Å². The van der Waals surface area contributed by atoms with E-state index in [1.165, 1.54) is 41.8 Å². The van der Waals surface area contributed by atoms with Crippen LogP contribution in [0.1, 0.15) is 5.56 Å². The molecule has 1 N–H and O–H groups in total. The molecule has 11 nitrogen and oxygen atoms in total. The van der Waals surface area contributed by atoms with E-state index in [2.05, 4.69) is 25.4 Å². The molecule has 0 unspecified atom stereocenters. The number of rotatable bonds is 5. The molecular weight excluding hydrogens is 505 g/mol. The topological polar surface area (TPSA) is 113 Å². The second-order valence-electron chi connectivity index (χ2n) is 7.65. The molecule has 0 saturated heterocycles. The maximum Gasteiger partial charge on any atom is 0.417 e. The average molecular weight is 521 g/mol. The quantitative estimate of drug-likeness (QED) is 0.371. The monoisotopic (exact) mass is 520 g/mol. The molecule has 186 valence electrons. The third kappa shape index (κ3) is 3.94. The fourth-order valence-corrected chi connectivity index (χ4v) is 3.82. The SMILES string of the molecule is COc1cn2ncc(Oc3cnc4nc(Nc5cc(C(F)(F)F)cn(C)c5=O)n(C)c4c3Cl)c2cn1. The molecule has 0 radical (unpaired) electrons. The Balaban J connectivity index is 1.52. The Morgan fingerprint density at radius 2 is 1.86 bits per heavy atom. The minimum Gasteiger partial charge on any atom is -0.480 e. The van der Waals surface area contributed by atoms with Crippen LogP contribution in [0.5, 0.6) is 17.4 Å². The van der Waals surface area contributed by atoms with E-state index in [0.717, 1.165) is 16.8 Å². The first-order valence-corrected chi connectivity index (χ1v) is 10.6. The number of hydrogen-bond donors (Lipinski definition) is 1. The van der Waals surface area contributed by atoms with Crippen LogP contribution in [-0.2, 0) is 20.3 Å². The van der Waals surface area contributed by atoms with Crippen molar-refractivity contribution >= 4 is 39.9 Å². The Kier molecular flexibility index (Phi) is 5.47. The summed E-state index contributed by atoms with van der Waals surface area (Å²) in [5.74, 6) is 0.949. The van der Waals surface area contributed by atoms with Gasteiger partial charge in [-0.25, -0.2) is 14.5 Å². The highest BCUT2D eigenvalue weighted by molar-refractivity contribution is 6.36. The minimum absolute atomic E-state index is 0.0558. The number of methoxy groups -OCH3 is 1. The van der Waals surface area contributed by atoms with Gasteiger partial charge >= 0.3 is 6.18 Å². The number of aromatic nitrogens is 7. The lowest BCUT2D eigenvalue weighted by atomic mass is 10.2. The van der Waals surface area contributed by atoms with Crippen molar-refractivity contribution in [3.63, 3.8) is 0 Å². The predicted molar refractivity (Wildman–Crippen MR) is 123 cm³/mol. The fraction of sp³-hybridized carbons (Fsp3) is 0.190. The molecule has 15 heteroatoms. The van der Waals surface area contributed by atoms with Gasteiger partial charge in [0, 0.05) is 20.3 Å². The summed E-state index contributed by atoms with van der Waals surface area (Å²) < 4.78 is 54.5. The van der Waals surface area contributed by atoms with Crippen molar-refractivity contribution in [2.75, 3.05) is 12.4 Å². The molecule has 0 aliphatic heterocycles. The van der Waals surface area contributed by atoms with Crippen LogP contribution in [0.2, 0.25) is 5.02 Å². The van der Waals surface area contributed by atoms with Crippen LogP contribution in [0.15, 0.2) is 41.8 Å². The molecule has 0 aromatic carbocycles. The Bertz CT molecular complexity index is 1690. The Labute approximate surface area is 204 Å². The third-order valence-electron chi connectivity index (χ3n) is 5.34. The number of alkyl halides is 3. The summed E-state index contributed by atoms with van der Waals surface area (Å²) in [4.78, 5) is 25.1. The molecule has 36 heavy (non-hydrogen) atoms. The van der Waals surface area contributed by atoms with E-state index in [1.807, 2.05) is 0 Å². The van der Waals surface area contributed by atoms with Gasteiger partial charge in [-0.15, -0.1) is 0 Å². The van der Waals surface area contributed by atoms with E-state index >= 15 is 0 Å². The number of pyridine rings is 2. The zero-order valence-corrected chi connectivity index (χ0v) is 19.6. The lowest BCUT2D eigenvalue weighted by molar-refractivity contribution is -0.138. The molecule has 0 amide bonds. The predicted octanol–water partition coefficient (Wildman–Crippen LogP) is 3.93. The van der Waals surface area contributed by atoms with Crippen molar-refractivity contribution in [2.24, 2.45) is 14.1 Å². The van der Waals surface area contributed by atoms with Gasteiger partial charge < -0.3 is 23.9 Å². The normalized spacial score (nSPS) is 11.9. The van der Waals surface area contributed by atoms with Crippen molar-refractivity contribution in [2.45, 2.75) is 6.18 Å². The largest absolute Gasteiger partial charge is 0.480 e. The number of anilines is 2. The number of nitrogens with zero attached hydrogens (tertiary/aromatic N) is 7. The number of aryl methyl sites for hydroxylation is 2. The van der Waals surface area contributed by atoms with Crippen LogP contribution >= 0.6 is 11.6 Å². The first kappa shape index (κ1) is 23.4. The standard InChI is InChI=1S/C21H16ClF3N8O3/c1-31-8-10(21(23,24)25)4-11(19(31)34)29-20-30-18-17(32(20)2)16(22)14(6-27-18)36-13-7-28-33-9-15(35-3)26-5-12(13)33/h4-9H,1-3H3,(H,27,29,30). The number of fused-ring (bicyclic) bond motifs is 2. The first-order chi connectivity index (χ1) is 17.1. The van der Waals surface area contributed by atoms with Gasteiger partial charge in [0.2, 0.25) is 11.8 Å². The van der Waals surface area contributed by atoms with Crippen molar-refractivity contribution in [3.05, 3.63) is 58.0 Å². The Hall–Kier alpha value is -4.33. The van der Waals surface area contributed by atoms with Crippen LogP contribution in [-0.4, -0.2) is 40.8 Å². The average Bonchev–Trinajstić information content (AvgIpc) is 3.38. The van der Waals surface area contributed by atoms with E-state index in [1.54, 1.807) is 13.2 Å². The van der Waals surface area contributed by atoms with E-state index in [-0.39, 0.29) is 28.1 Å². The minimum atomic E-state index is -4.63. The van der Waals surface area contributed by atoms with Gasteiger partial charge in [0.05, 0.1) is 37.5 Å². The van der Waals surface area contributed by atoms with Gasteiger partial charge in [0.25, 0.3) is 5.56 Å². The molecule has 0 saturated carbocycles. The van der Waals surface area contributed by atoms with Gasteiger partial charge in [-0.2, -0.15) is 23.3 Å². The Morgan fingerprint density at radius 1 is 1.08 bits per heavy atom. The van der Waals surface area contributed by atoms with Crippen molar-refractivity contribution < 1.29 is 22.6 Å². The smallest absolute Gasteiger partial charge is 0.417 e. The summed E-state index contributed by atoms with van der Waals surface area (Å²) in [6.45, 7) is 0. The molecule has 0 atom stereocenters. The van der Waals surface area contributed by atoms with E-state index in [4.69, 9.17) is 21.1 Å². The highest BCUT2D eigenvalue weighted by Crippen LogP contribution is 2.37. The van der Waals surface area contributed by atoms with Crippen LogP contribution in [0.3, 0.4) is 0 Å². The summed E-state index contributed by atoms with van der Waals surface area (Å²) >= 11 is 6.59. The summed E-state index contributed by atoms with van der Waals surface area (Å²) in [6, 6.07) is 0.722. The highest BCUT2D eigenvalue weighted by atomic mass is 35.5. The maximum atomic E-state index is 13.2. The summed E-state index contributed by atoms with van der Waals surface area (Å²) in [5, 5.41) is 6.99. The zero-order valence-electron chi connectivity index (χ0n) is 18.8. The van der Waals surface area contributed by atoms with Crippen molar-refractivity contribution in [1.29, 1.82) is 0 Å². The highest BCUT2D eigenvalue weighted by Gasteiger charge is 2.32. The summed E-state index contributed by atoms with van der Waals surface area (Å²) in [5.41, 5.74) is -0.911. The number of imidazole rings is 1. The molecule has 5 heterocycles. The van der Waals surface area contributed by atoms with Gasteiger partial charge in [0.15, 0.2) is 17.1 Å². The van der Waals surface area contributed by atoms with Crippen LogP contribution < -0.4 is 20.3 Å². The van der Waals surface area contributed by atoms with Crippen LogP contribution in [0, 0.1) is 0 Å². The van der Waals surface area contributed by atoms with Crippen LogP contribution in [0.25, 0.3) is 16.7 Å². The second-order valence-corrected chi connectivity index (χ2v) is 8.03. The zero-order chi connectivity index (χ0) is 25.8. The fourth-order valence-electron chi connectivity index (χ4n) is 3.52. The number of ether oxygens (including phenoxy) is 2. The molecule has 5 aromatic rings. The van der Waals surface area contributed by atoms with Crippen molar-refractivity contribution in [1.82, 2.24) is 33.7 Å². The van der Waals surface area contributed by atoms with E-state index in [9.17, 15) is 18.0 Å². The molecule has 0 aliphatic rings. The number of hydrogen-bond acceptors (Lipinski definition) is 8. The molecule has 0 aliphatic carbocycles. The van der Waals surface area contributed by atoms with Gasteiger partial charge in [-0.05, 0) is 6.07 Å². The van der Waals surface area contributed by atoms with E-state index in [0.29, 0.717) is 22.7 Å². The molecule has 0 fully saturated rings. The summed E-state index contributed by atoms with van der Waals surface area (Å²) in [7, 11) is 4.28. The lowest BCUT2D eigenvalue weighted by Gasteiger charge is -2.12. The van der Waals surface area contributed by atoms with E-state index < -0.39 is 17.3 Å². The van der Waals surface area contributed by atoms with Crippen LogP contribution in [0.4, 0.5) is 24.8 Å². The molecule has 0 bridgehead atoms. The maximum absolute atomic E-state index is 13.2. The number of nitrogens with one attached hydrogen (secondary N) is 1. The molecule has 5 rings (SSSR count). The lowest BCUT2D eigenvalue weighted by Crippen LogP contribution is -2.23. The number of halogens is 4. The molecule has 0 spiro atoms. The third-order valence-corrected chi connectivity index (χ3v) is 5.70. The summed E-state index contributed by atoms with van der Waals surface area (Å²) in [6.07, 6.45) is 1.99. The van der Waals surface area contributed by atoms with Gasteiger partial charge in [0.1, 0.15) is 21.7 Å². The molecular formula is C21H16ClF3N8O3. The van der Waals surface area contributed by atoms with Gasteiger partial charge in [-0.3, -0.25) is 4.79 Å². The van der Waals surface area contributed by atoms with Crippen molar-refractivity contribution in [3.8, 4) is 17.4 Å². The second kappa shape index (κ2) is 8.41. The molecule has 5 aromatic heterocycles. The Morgan fingerprint density at radius 3 is 2.58 bits per heavy atom. The first-order valence-electron chi connectivity index (χ1n) is 10.2.